The monoisotopic (exact) mass is 311 g/mol. The Labute approximate surface area is 136 Å². The molecule has 120 valence electrons. The minimum absolute atomic E-state index is 0.0763. The van der Waals surface area contributed by atoms with Crippen LogP contribution in [0.5, 0.6) is 0 Å². The van der Waals surface area contributed by atoms with Gasteiger partial charge in [-0.3, -0.25) is 9.59 Å². The number of amides is 1. The first-order chi connectivity index (χ1) is 10.9. The van der Waals surface area contributed by atoms with Crippen molar-refractivity contribution in [3.8, 4) is 0 Å². The lowest BCUT2D eigenvalue weighted by Gasteiger charge is -2.24. The van der Waals surface area contributed by atoms with E-state index in [1.807, 2.05) is 68.4 Å². The second kappa shape index (κ2) is 7.09. The number of nitrogens with one attached hydrogen (secondary N) is 1. The molecule has 0 bridgehead atoms. The molecular formula is C19H21NO3. The molecule has 0 saturated heterocycles. The highest BCUT2D eigenvalue weighted by atomic mass is 16.4. The number of carbonyl (C=O) groups is 2. The van der Waals surface area contributed by atoms with Crippen molar-refractivity contribution in [3.63, 3.8) is 0 Å². The van der Waals surface area contributed by atoms with Gasteiger partial charge in [-0.05, 0) is 43.5 Å². The molecule has 1 amide bonds. The first-order valence-electron chi connectivity index (χ1n) is 7.57. The van der Waals surface area contributed by atoms with E-state index in [9.17, 15) is 9.59 Å². The van der Waals surface area contributed by atoms with Crippen molar-refractivity contribution in [3.05, 3.63) is 65.7 Å². The van der Waals surface area contributed by atoms with Gasteiger partial charge in [0.25, 0.3) is 0 Å². The minimum atomic E-state index is -0.829. The molecule has 0 aromatic heterocycles. The molecule has 23 heavy (non-hydrogen) atoms. The molecule has 4 nitrogen and oxygen atoms in total. The number of aryl methyl sites for hydroxylation is 1. The molecule has 0 spiro atoms. The van der Waals surface area contributed by atoms with Gasteiger partial charge in [0.15, 0.2) is 0 Å². The largest absolute Gasteiger partial charge is 0.481 e. The average Bonchev–Trinajstić information content (AvgIpc) is 2.54. The Kier molecular flexibility index (Phi) is 5.16. The maximum absolute atomic E-state index is 12.6. The summed E-state index contributed by atoms with van der Waals surface area (Å²) >= 11 is 0. The Balaban J connectivity index is 2.11. The summed E-state index contributed by atoms with van der Waals surface area (Å²) in [5, 5.41) is 11.7. The van der Waals surface area contributed by atoms with E-state index in [-0.39, 0.29) is 12.3 Å². The summed E-state index contributed by atoms with van der Waals surface area (Å²) < 4.78 is 0. The summed E-state index contributed by atoms with van der Waals surface area (Å²) in [5.41, 5.74) is 1.86. The van der Waals surface area contributed by atoms with Gasteiger partial charge < -0.3 is 10.4 Å². The van der Waals surface area contributed by atoms with Crippen LogP contribution in [0, 0.1) is 0 Å². The summed E-state index contributed by atoms with van der Waals surface area (Å²) in [5.74, 6) is -0.927. The van der Waals surface area contributed by atoms with Crippen molar-refractivity contribution in [2.24, 2.45) is 0 Å². The number of hydrogen-bond acceptors (Lipinski definition) is 2. The van der Waals surface area contributed by atoms with E-state index in [0.717, 1.165) is 11.1 Å². The highest BCUT2D eigenvalue weighted by molar-refractivity contribution is 5.98. The van der Waals surface area contributed by atoms with Gasteiger partial charge in [-0.1, -0.05) is 42.5 Å². The van der Waals surface area contributed by atoms with Crippen LogP contribution >= 0.6 is 0 Å². The first kappa shape index (κ1) is 16.7. The molecule has 0 aliphatic carbocycles. The van der Waals surface area contributed by atoms with Crippen LogP contribution in [0.2, 0.25) is 0 Å². The Bertz CT molecular complexity index is 693. The number of aliphatic carboxylic acids is 1. The van der Waals surface area contributed by atoms with Crippen LogP contribution in [0.15, 0.2) is 54.6 Å². The minimum Gasteiger partial charge on any atom is -0.481 e. The Morgan fingerprint density at radius 1 is 1.04 bits per heavy atom. The van der Waals surface area contributed by atoms with Crippen molar-refractivity contribution >= 4 is 17.6 Å². The molecule has 2 rings (SSSR count). The van der Waals surface area contributed by atoms with Crippen molar-refractivity contribution in [1.29, 1.82) is 0 Å². The highest BCUT2D eigenvalue weighted by Crippen LogP contribution is 2.25. The van der Waals surface area contributed by atoms with E-state index < -0.39 is 11.4 Å². The number of benzene rings is 2. The highest BCUT2D eigenvalue weighted by Gasteiger charge is 2.29. The number of carbonyl (C=O) groups excluding carboxylic acids is 1. The van der Waals surface area contributed by atoms with Crippen molar-refractivity contribution < 1.29 is 14.7 Å². The third-order valence-electron chi connectivity index (χ3n) is 3.88. The van der Waals surface area contributed by atoms with Gasteiger partial charge in [-0.25, -0.2) is 0 Å². The third kappa shape index (κ3) is 4.42. The summed E-state index contributed by atoms with van der Waals surface area (Å²) in [7, 11) is 0. The van der Waals surface area contributed by atoms with Crippen LogP contribution in [0.3, 0.4) is 0 Å². The summed E-state index contributed by atoms with van der Waals surface area (Å²) in [6, 6.07) is 16.9. The zero-order chi connectivity index (χ0) is 16.9. The molecule has 0 radical (unpaired) electrons. The zero-order valence-corrected chi connectivity index (χ0v) is 13.4. The van der Waals surface area contributed by atoms with E-state index in [2.05, 4.69) is 5.32 Å². The fourth-order valence-electron chi connectivity index (χ4n) is 2.33. The van der Waals surface area contributed by atoms with E-state index in [1.54, 1.807) is 0 Å². The molecule has 0 unspecified atom stereocenters. The Morgan fingerprint density at radius 2 is 1.74 bits per heavy atom. The van der Waals surface area contributed by atoms with Crippen LogP contribution in [0.4, 0.5) is 5.69 Å². The summed E-state index contributed by atoms with van der Waals surface area (Å²) in [4.78, 5) is 23.3. The van der Waals surface area contributed by atoms with Crippen molar-refractivity contribution in [2.45, 2.75) is 32.1 Å². The van der Waals surface area contributed by atoms with Gasteiger partial charge in [0.1, 0.15) is 0 Å². The van der Waals surface area contributed by atoms with E-state index in [1.165, 1.54) is 0 Å². The van der Waals surface area contributed by atoms with Crippen LogP contribution < -0.4 is 5.32 Å². The maximum Gasteiger partial charge on any atom is 0.303 e. The summed E-state index contributed by atoms with van der Waals surface area (Å²) in [6.07, 6.45) is 0.522. The second-order valence-electron chi connectivity index (χ2n) is 6.04. The number of anilines is 1. The molecular weight excluding hydrogens is 290 g/mol. The van der Waals surface area contributed by atoms with Crippen molar-refractivity contribution in [2.75, 3.05) is 5.32 Å². The fourth-order valence-corrected chi connectivity index (χ4v) is 2.33. The topological polar surface area (TPSA) is 66.4 Å². The van der Waals surface area contributed by atoms with Gasteiger partial charge in [0.2, 0.25) is 5.91 Å². The SMILES string of the molecule is CC(C)(C(=O)Nc1cccc(CCC(=O)O)c1)c1ccccc1. The van der Waals surface area contributed by atoms with E-state index >= 15 is 0 Å². The average molecular weight is 311 g/mol. The lowest BCUT2D eigenvalue weighted by atomic mass is 9.83. The maximum atomic E-state index is 12.6. The molecule has 2 aromatic rings. The molecule has 0 atom stereocenters. The van der Waals surface area contributed by atoms with Crippen LogP contribution in [0.25, 0.3) is 0 Å². The third-order valence-corrected chi connectivity index (χ3v) is 3.88. The summed E-state index contributed by atoms with van der Waals surface area (Å²) in [6.45, 7) is 3.76. The fraction of sp³-hybridized carbons (Fsp3) is 0.263. The normalized spacial score (nSPS) is 11.0. The molecule has 2 aromatic carbocycles. The van der Waals surface area contributed by atoms with Gasteiger partial charge in [-0.15, -0.1) is 0 Å². The lowest BCUT2D eigenvalue weighted by Crippen LogP contribution is -2.34. The quantitative estimate of drug-likeness (QED) is 0.856. The number of carboxylic acid groups (broad SMARTS) is 1. The predicted molar refractivity (Wildman–Crippen MR) is 90.5 cm³/mol. The number of hydrogen-bond donors (Lipinski definition) is 2. The van der Waals surface area contributed by atoms with Gasteiger partial charge in [-0.2, -0.15) is 0 Å². The molecule has 0 fully saturated rings. The Morgan fingerprint density at radius 3 is 2.39 bits per heavy atom. The van der Waals surface area contributed by atoms with Crippen LogP contribution in [0.1, 0.15) is 31.4 Å². The lowest BCUT2D eigenvalue weighted by molar-refractivity contribution is -0.137. The van der Waals surface area contributed by atoms with Gasteiger partial charge in [0.05, 0.1) is 5.41 Å². The zero-order valence-electron chi connectivity index (χ0n) is 13.4. The number of carboxylic acids is 1. The Hall–Kier alpha value is -2.62. The van der Waals surface area contributed by atoms with E-state index in [0.29, 0.717) is 12.1 Å². The predicted octanol–water partition coefficient (Wildman–Crippen LogP) is 3.62. The van der Waals surface area contributed by atoms with Crippen LogP contribution in [-0.4, -0.2) is 17.0 Å². The van der Waals surface area contributed by atoms with E-state index in [4.69, 9.17) is 5.11 Å². The van der Waals surface area contributed by atoms with Crippen LogP contribution in [-0.2, 0) is 21.4 Å². The van der Waals surface area contributed by atoms with Crippen molar-refractivity contribution in [1.82, 2.24) is 0 Å². The first-order valence-corrected chi connectivity index (χ1v) is 7.57. The smallest absolute Gasteiger partial charge is 0.303 e. The standard InChI is InChI=1S/C19H21NO3/c1-19(2,15-8-4-3-5-9-15)18(23)20-16-10-6-7-14(13-16)11-12-17(21)22/h3-10,13H,11-12H2,1-2H3,(H,20,23)(H,21,22). The molecule has 0 aliphatic rings. The molecule has 0 heterocycles. The second-order valence-corrected chi connectivity index (χ2v) is 6.04. The van der Waals surface area contributed by atoms with Gasteiger partial charge in [0, 0.05) is 12.1 Å². The van der Waals surface area contributed by atoms with Gasteiger partial charge >= 0.3 is 5.97 Å². The molecule has 4 heteroatoms. The molecule has 0 saturated carbocycles. The number of rotatable bonds is 6. The molecule has 0 aliphatic heterocycles. The molecule has 2 N–H and O–H groups in total.